The van der Waals surface area contributed by atoms with Gasteiger partial charge >= 0.3 is 0 Å². The second-order valence-electron chi connectivity index (χ2n) is 5.18. The van der Waals surface area contributed by atoms with Crippen LogP contribution in [0.2, 0.25) is 0 Å². The number of hydrogen-bond acceptors (Lipinski definition) is 5. The Morgan fingerprint density at radius 3 is 2.80 bits per heavy atom. The Morgan fingerprint density at radius 2 is 2.15 bits per heavy atom. The van der Waals surface area contributed by atoms with Crippen molar-refractivity contribution in [3.63, 3.8) is 0 Å². The number of likely N-dealkylation sites (tertiary alicyclic amines) is 1. The number of aliphatic hydroxyl groups is 1. The van der Waals surface area contributed by atoms with Crippen molar-refractivity contribution < 1.29 is 9.90 Å². The molecule has 2 aromatic heterocycles. The van der Waals surface area contributed by atoms with Gasteiger partial charge in [0.2, 0.25) is 0 Å². The van der Waals surface area contributed by atoms with E-state index < -0.39 is 5.60 Å². The number of carbonyl (C=O) groups is 1. The maximum Gasteiger partial charge on any atom is 0.257 e. The molecule has 0 aliphatic carbocycles. The summed E-state index contributed by atoms with van der Waals surface area (Å²) >= 11 is 0. The van der Waals surface area contributed by atoms with Crippen LogP contribution >= 0.6 is 0 Å². The summed E-state index contributed by atoms with van der Waals surface area (Å²) in [6, 6.07) is 0. The first kappa shape index (κ1) is 13.0. The van der Waals surface area contributed by atoms with E-state index in [9.17, 15) is 9.90 Å². The second kappa shape index (κ2) is 4.52. The first-order valence-corrected chi connectivity index (χ1v) is 6.77. The lowest BCUT2D eigenvalue weighted by molar-refractivity contribution is -0.0827. The molecule has 0 unspecified atom stereocenters. The molecule has 3 rings (SSSR count). The van der Waals surface area contributed by atoms with Crippen LogP contribution in [-0.2, 0) is 6.42 Å². The molecule has 2 aromatic rings. The SMILES string of the molecule is CCc1c(C(=O)N2CC(O)(CC)C2)cnc2ncnn12. The topological polar surface area (TPSA) is 83.6 Å². The van der Waals surface area contributed by atoms with Gasteiger partial charge in [0.15, 0.2) is 0 Å². The molecule has 0 bridgehead atoms. The van der Waals surface area contributed by atoms with Gasteiger partial charge in [-0.2, -0.15) is 10.1 Å². The number of carbonyl (C=O) groups excluding carboxylic acids is 1. The molecule has 1 fully saturated rings. The number of amides is 1. The van der Waals surface area contributed by atoms with Crippen molar-refractivity contribution in [1.29, 1.82) is 0 Å². The minimum absolute atomic E-state index is 0.107. The number of aryl methyl sites for hydroxylation is 1. The molecule has 0 radical (unpaired) electrons. The molecule has 7 nitrogen and oxygen atoms in total. The van der Waals surface area contributed by atoms with Gasteiger partial charge in [-0.1, -0.05) is 13.8 Å². The van der Waals surface area contributed by atoms with E-state index >= 15 is 0 Å². The van der Waals surface area contributed by atoms with Crippen LogP contribution in [0, 0.1) is 0 Å². The summed E-state index contributed by atoms with van der Waals surface area (Å²) in [5.41, 5.74) is 0.598. The summed E-state index contributed by atoms with van der Waals surface area (Å²) in [5.74, 6) is 0.386. The highest BCUT2D eigenvalue weighted by Crippen LogP contribution is 2.26. The van der Waals surface area contributed by atoms with Crippen LogP contribution in [0.3, 0.4) is 0 Å². The third-order valence-corrected chi connectivity index (χ3v) is 3.89. The average Bonchev–Trinajstić information content (AvgIpc) is 2.90. The Hall–Kier alpha value is -2.02. The molecule has 1 aliphatic rings. The van der Waals surface area contributed by atoms with Crippen molar-refractivity contribution in [3.05, 3.63) is 23.8 Å². The molecule has 0 aromatic carbocycles. The minimum Gasteiger partial charge on any atom is -0.386 e. The van der Waals surface area contributed by atoms with Gasteiger partial charge in [-0.3, -0.25) is 4.79 Å². The monoisotopic (exact) mass is 275 g/mol. The third kappa shape index (κ3) is 1.85. The minimum atomic E-state index is -0.729. The van der Waals surface area contributed by atoms with Crippen molar-refractivity contribution in [2.75, 3.05) is 13.1 Å². The Kier molecular flexibility index (Phi) is 2.93. The molecule has 106 valence electrons. The van der Waals surface area contributed by atoms with E-state index in [1.54, 1.807) is 15.6 Å². The highest BCUT2D eigenvalue weighted by molar-refractivity contribution is 5.96. The number of hydrogen-bond donors (Lipinski definition) is 1. The van der Waals surface area contributed by atoms with Crippen LogP contribution in [-0.4, -0.2) is 54.2 Å². The van der Waals surface area contributed by atoms with E-state index in [0.29, 0.717) is 37.3 Å². The average molecular weight is 275 g/mol. The summed E-state index contributed by atoms with van der Waals surface area (Å²) in [7, 11) is 0. The Morgan fingerprint density at radius 1 is 1.40 bits per heavy atom. The lowest BCUT2D eigenvalue weighted by Crippen LogP contribution is -2.63. The number of fused-ring (bicyclic) bond motifs is 1. The van der Waals surface area contributed by atoms with Crippen LogP contribution in [0.5, 0.6) is 0 Å². The lowest BCUT2D eigenvalue weighted by atomic mass is 9.90. The van der Waals surface area contributed by atoms with Crippen LogP contribution in [0.15, 0.2) is 12.5 Å². The first-order chi connectivity index (χ1) is 9.58. The third-order valence-electron chi connectivity index (χ3n) is 3.89. The van der Waals surface area contributed by atoms with Crippen molar-refractivity contribution >= 4 is 11.7 Å². The van der Waals surface area contributed by atoms with Gasteiger partial charge < -0.3 is 10.0 Å². The van der Waals surface area contributed by atoms with Gasteiger partial charge in [0.1, 0.15) is 6.33 Å². The molecule has 1 N–H and O–H groups in total. The molecular formula is C13H17N5O2. The van der Waals surface area contributed by atoms with E-state index in [1.165, 1.54) is 6.33 Å². The normalized spacial score (nSPS) is 17.2. The zero-order valence-electron chi connectivity index (χ0n) is 11.6. The van der Waals surface area contributed by atoms with E-state index in [1.807, 2.05) is 13.8 Å². The van der Waals surface area contributed by atoms with Gasteiger partial charge in [0, 0.05) is 6.20 Å². The second-order valence-corrected chi connectivity index (χ2v) is 5.18. The quantitative estimate of drug-likeness (QED) is 0.870. The molecule has 1 aliphatic heterocycles. The number of rotatable bonds is 3. The predicted molar refractivity (Wildman–Crippen MR) is 71.3 cm³/mol. The highest BCUT2D eigenvalue weighted by atomic mass is 16.3. The molecular weight excluding hydrogens is 258 g/mol. The van der Waals surface area contributed by atoms with E-state index in [2.05, 4.69) is 15.1 Å². The highest BCUT2D eigenvalue weighted by Gasteiger charge is 2.42. The Bertz CT molecular complexity index is 660. The van der Waals surface area contributed by atoms with Crippen molar-refractivity contribution in [2.45, 2.75) is 32.3 Å². The summed E-state index contributed by atoms with van der Waals surface area (Å²) in [6.45, 7) is 4.63. The van der Waals surface area contributed by atoms with Gasteiger partial charge in [-0.05, 0) is 12.8 Å². The van der Waals surface area contributed by atoms with E-state index in [-0.39, 0.29) is 5.91 Å². The summed E-state index contributed by atoms with van der Waals surface area (Å²) in [6.07, 6.45) is 4.29. The van der Waals surface area contributed by atoms with Gasteiger partial charge in [0.25, 0.3) is 11.7 Å². The smallest absolute Gasteiger partial charge is 0.257 e. The number of β-amino-alcohol motifs (C(OH)–C–C–N with tert-alkyl or cyclic N) is 1. The van der Waals surface area contributed by atoms with Gasteiger partial charge in [-0.15, -0.1) is 0 Å². The molecule has 1 saturated heterocycles. The zero-order chi connectivity index (χ0) is 14.3. The maximum atomic E-state index is 12.5. The van der Waals surface area contributed by atoms with Gasteiger partial charge in [0.05, 0.1) is 29.9 Å². The zero-order valence-corrected chi connectivity index (χ0v) is 11.6. The van der Waals surface area contributed by atoms with Crippen LogP contribution < -0.4 is 0 Å². The fourth-order valence-corrected chi connectivity index (χ4v) is 2.55. The fourth-order valence-electron chi connectivity index (χ4n) is 2.55. The van der Waals surface area contributed by atoms with Crippen LogP contribution in [0.1, 0.15) is 36.3 Å². The molecule has 3 heterocycles. The van der Waals surface area contributed by atoms with Crippen LogP contribution in [0.4, 0.5) is 0 Å². The summed E-state index contributed by atoms with van der Waals surface area (Å²) in [5, 5.41) is 14.1. The lowest BCUT2D eigenvalue weighted by Gasteiger charge is -2.46. The van der Waals surface area contributed by atoms with E-state index in [0.717, 1.165) is 5.69 Å². The predicted octanol–water partition coefficient (Wildman–Crippen LogP) is 0.284. The Labute approximate surface area is 116 Å². The number of aromatic nitrogens is 4. The molecule has 0 saturated carbocycles. The molecule has 1 amide bonds. The molecule has 0 spiro atoms. The van der Waals surface area contributed by atoms with Crippen LogP contribution in [0.25, 0.3) is 5.78 Å². The van der Waals surface area contributed by atoms with Crippen molar-refractivity contribution in [1.82, 2.24) is 24.5 Å². The molecule has 20 heavy (non-hydrogen) atoms. The molecule has 0 atom stereocenters. The maximum absolute atomic E-state index is 12.5. The Balaban J connectivity index is 1.92. The largest absolute Gasteiger partial charge is 0.386 e. The summed E-state index contributed by atoms with van der Waals surface area (Å²) < 4.78 is 1.60. The van der Waals surface area contributed by atoms with Gasteiger partial charge in [-0.25, -0.2) is 9.50 Å². The van der Waals surface area contributed by atoms with E-state index in [4.69, 9.17) is 0 Å². The summed E-state index contributed by atoms with van der Waals surface area (Å²) in [4.78, 5) is 22.3. The van der Waals surface area contributed by atoms with Crippen molar-refractivity contribution in [3.8, 4) is 0 Å². The van der Waals surface area contributed by atoms with Crippen molar-refractivity contribution in [2.24, 2.45) is 0 Å². The first-order valence-electron chi connectivity index (χ1n) is 6.77. The number of nitrogens with zero attached hydrogens (tertiary/aromatic N) is 5. The fraction of sp³-hybridized carbons (Fsp3) is 0.538. The molecule has 7 heteroatoms. The standard InChI is InChI=1S/C13H17N5O2/c1-3-10-9(5-14-12-15-8-16-18(10)12)11(19)17-6-13(20,4-2)7-17/h5,8,20H,3-4,6-7H2,1-2H3.